The van der Waals surface area contributed by atoms with E-state index in [-0.39, 0.29) is 0 Å². The molecule has 0 radical (unpaired) electrons. The first-order valence-corrected chi connectivity index (χ1v) is 12.1. The van der Waals surface area contributed by atoms with Gasteiger partial charge < -0.3 is 0 Å². The molecule has 12 heavy (non-hydrogen) atoms. The molecular formula is C8H20S2Si2. The standard InChI is InChI=1S/C8H20S2Si2/c1-11(2,3)7(9)8(10)12(4,5)6/h9-10H,1-6H3. The molecular weight excluding hydrogens is 216 g/mol. The molecule has 0 saturated carbocycles. The summed E-state index contributed by atoms with van der Waals surface area (Å²) in [6.45, 7) is 13.9. The van der Waals surface area contributed by atoms with Crippen LogP contribution in [0.15, 0.2) is 9.06 Å². The van der Waals surface area contributed by atoms with Crippen molar-refractivity contribution in [3.8, 4) is 0 Å². The Labute approximate surface area is 89.7 Å². The average Bonchev–Trinajstić information content (AvgIpc) is 1.80. The monoisotopic (exact) mass is 236 g/mol. The summed E-state index contributed by atoms with van der Waals surface area (Å²) < 4.78 is 2.56. The van der Waals surface area contributed by atoms with Crippen LogP contribution in [0.1, 0.15) is 0 Å². The van der Waals surface area contributed by atoms with Gasteiger partial charge in [-0.15, -0.1) is 0 Å². The average molecular weight is 237 g/mol. The zero-order chi connectivity index (χ0) is 10.2. The van der Waals surface area contributed by atoms with Crippen LogP contribution in [0.25, 0.3) is 0 Å². The molecule has 0 atom stereocenters. The van der Waals surface area contributed by atoms with Crippen LogP contribution in [0.2, 0.25) is 39.3 Å². The summed E-state index contributed by atoms with van der Waals surface area (Å²) in [5.41, 5.74) is 0. The van der Waals surface area contributed by atoms with Crippen molar-refractivity contribution in [2.75, 3.05) is 0 Å². The Bertz CT molecular complexity index is 174. The van der Waals surface area contributed by atoms with Gasteiger partial charge in [-0.1, -0.05) is 39.3 Å². The molecule has 0 saturated heterocycles. The van der Waals surface area contributed by atoms with Gasteiger partial charge in [-0.05, 0) is 9.06 Å². The third kappa shape index (κ3) is 3.72. The van der Waals surface area contributed by atoms with Gasteiger partial charge in [0, 0.05) is 0 Å². The Morgan fingerprint density at radius 1 is 0.667 bits per heavy atom. The maximum Gasteiger partial charge on any atom is 0.0859 e. The molecule has 0 aliphatic carbocycles. The fourth-order valence-electron chi connectivity index (χ4n) is 0.710. The lowest BCUT2D eigenvalue weighted by atomic mass is 11.2. The molecule has 0 bridgehead atoms. The number of hydrogen-bond donors (Lipinski definition) is 2. The van der Waals surface area contributed by atoms with Crippen LogP contribution in [0, 0.1) is 0 Å². The van der Waals surface area contributed by atoms with E-state index in [1.165, 1.54) is 9.06 Å². The molecule has 0 fully saturated rings. The second-order valence-corrected chi connectivity index (χ2v) is 16.9. The van der Waals surface area contributed by atoms with Crippen molar-refractivity contribution in [3.05, 3.63) is 9.06 Å². The van der Waals surface area contributed by atoms with Gasteiger partial charge in [0.2, 0.25) is 0 Å². The van der Waals surface area contributed by atoms with E-state index < -0.39 is 16.1 Å². The lowest BCUT2D eigenvalue weighted by Crippen LogP contribution is -2.29. The van der Waals surface area contributed by atoms with Gasteiger partial charge in [-0.2, -0.15) is 25.3 Å². The second kappa shape index (κ2) is 3.94. The van der Waals surface area contributed by atoms with Crippen molar-refractivity contribution < 1.29 is 0 Å². The molecule has 0 N–H and O–H groups in total. The van der Waals surface area contributed by atoms with E-state index in [4.69, 9.17) is 0 Å². The van der Waals surface area contributed by atoms with Crippen molar-refractivity contribution in [1.82, 2.24) is 0 Å². The first-order chi connectivity index (χ1) is 5.07. The maximum absolute atomic E-state index is 4.60. The van der Waals surface area contributed by atoms with E-state index in [0.717, 1.165) is 0 Å². The number of rotatable bonds is 2. The summed E-state index contributed by atoms with van der Waals surface area (Å²) in [7, 11) is -2.46. The zero-order valence-electron chi connectivity index (χ0n) is 8.89. The molecule has 0 unspecified atom stereocenters. The SMILES string of the molecule is C[Si](C)(C)C(S)=C(S)[Si](C)(C)C. The van der Waals surface area contributed by atoms with Crippen LogP contribution in [-0.4, -0.2) is 16.1 Å². The van der Waals surface area contributed by atoms with Crippen molar-refractivity contribution in [1.29, 1.82) is 0 Å². The first kappa shape index (κ1) is 12.9. The van der Waals surface area contributed by atoms with Crippen LogP contribution in [0.4, 0.5) is 0 Å². The lowest BCUT2D eigenvalue weighted by Gasteiger charge is -2.25. The highest BCUT2D eigenvalue weighted by Gasteiger charge is 2.26. The highest BCUT2D eigenvalue weighted by molar-refractivity contribution is 7.92. The van der Waals surface area contributed by atoms with Crippen LogP contribution in [0.5, 0.6) is 0 Å². The van der Waals surface area contributed by atoms with Crippen molar-refractivity contribution in [2.45, 2.75) is 39.3 Å². The minimum Gasteiger partial charge on any atom is -0.152 e. The van der Waals surface area contributed by atoms with Gasteiger partial charge in [0.05, 0.1) is 16.1 Å². The van der Waals surface area contributed by atoms with Crippen molar-refractivity contribution in [3.63, 3.8) is 0 Å². The van der Waals surface area contributed by atoms with Crippen LogP contribution >= 0.6 is 25.3 Å². The van der Waals surface area contributed by atoms with Crippen molar-refractivity contribution in [2.24, 2.45) is 0 Å². The van der Waals surface area contributed by atoms with Gasteiger partial charge in [0.25, 0.3) is 0 Å². The quantitative estimate of drug-likeness (QED) is 0.529. The second-order valence-electron chi connectivity index (χ2n) is 5.20. The minimum absolute atomic E-state index is 1.23. The van der Waals surface area contributed by atoms with Crippen LogP contribution in [-0.2, 0) is 0 Å². The Kier molecular flexibility index (Phi) is 4.23. The third-order valence-corrected chi connectivity index (χ3v) is 10.3. The van der Waals surface area contributed by atoms with E-state index in [1.807, 2.05) is 0 Å². The van der Waals surface area contributed by atoms with Gasteiger partial charge in [-0.25, -0.2) is 0 Å². The van der Waals surface area contributed by atoms with E-state index >= 15 is 0 Å². The van der Waals surface area contributed by atoms with Crippen molar-refractivity contribution >= 4 is 41.4 Å². The van der Waals surface area contributed by atoms with Gasteiger partial charge in [0.1, 0.15) is 0 Å². The van der Waals surface area contributed by atoms with Crippen LogP contribution < -0.4 is 0 Å². The summed E-state index contributed by atoms with van der Waals surface area (Å²) >= 11 is 9.20. The Morgan fingerprint density at radius 3 is 0.917 bits per heavy atom. The molecule has 72 valence electrons. The topological polar surface area (TPSA) is 0 Å². The highest BCUT2D eigenvalue weighted by atomic mass is 32.1. The number of thiol groups is 2. The molecule has 0 aromatic carbocycles. The summed E-state index contributed by atoms with van der Waals surface area (Å²) in [5, 5.41) is 0. The molecule has 0 spiro atoms. The first-order valence-electron chi connectivity index (χ1n) is 4.20. The Morgan fingerprint density at radius 2 is 0.833 bits per heavy atom. The smallest absolute Gasteiger partial charge is 0.0859 e. The molecule has 0 amide bonds. The Hall–Kier alpha value is 0.874. The normalized spacial score (nSPS) is 16.0. The minimum atomic E-state index is -1.23. The highest BCUT2D eigenvalue weighted by Crippen LogP contribution is 2.30. The molecule has 0 aliphatic rings. The molecule has 0 heterocycles. The molecule has 0 aromatic heterocycles. The van der Waals surface area contributed by atoms with E-state index in [2.05, 4.69) is 64.5 Å². The zero-order valence-corrected chi connectivity index (χ0v) is 12.7. The fraction of sp³-hybridized carbons (Fsp3) is 0.750. The fourth-order valence-corrected chi connectivity index (χ4v) is 6.39. The van der Waals surface area contributed by atoms with Gasteiger partial charge >= 0.3 is 0 Å². The van der Waals surface area contributed by atoms with Gasteiger partial charge in [0.15, 0.2) is 0 Å². The third-order valence-electron chi connectivity index (χ3n) is 1.65. The van der Waals surface area contributed by atoms with E-state index in [1.54, 1.807) is 0 Å². The predicted octanol–water partition coefficient (Wildman–Crippen LogP) is 3.81. The summed E-state index contributed by atoms with van der Waals surface area (Å²) in [4.78, 5) is 0. The number of hydrogen-bond acceptors (Lipinski definition) is 2. The van der Waals surface area contributed by atoms with E-state index in [9.17, 15) is 0 Å². The Balaban J connectivity index is 4.96. The molecule has 0 aromatic rings. The predicted molar refractivity (Wildman–Crippen MR) is 71.7 cm³/mol. The molecule has 0 aliphatic heterocycles. The molecule has 0 rings (SSSR count). The molecule has 0 nitrogen and oxygen atoms in total. The van der Waals surface area contributed by atoms with E-state index in [0.29, 0.717) is 0 Å². The largest absolute Gasteiger partial charge is 0.152 e. The lowest BCUT2D eigenvalue weighted by molar-refractivity contribution is 1.69. The van der Waals surface area contributed by atoms with Gasteiger partial charge in [-0.3, -0.25) is 0 Å². The molecule has 4 heteroatoms. The maximum atomic E-state index is 4.60. The summed E-state index contributed by atoms with van der Waals surface area (Å²) in [6.07, 6.45) is 0. The summed E-state index contributed by atoms with van der Waals surface area (Å²) in [6, 6.07) is 0. The summed E-state index contributed by atoms with van der Waals surface area (Å²) in [5.74, 6) is 0. The van der Waals surface area contributed by atoms with Crippen LogP contribution in [0.3, 0.4) is 0 Å².